The second kappa shape index (κ2) is 9.88. The van der Waals surface area contributed by atoms with Crippen LogP contribution in [0.2, 0.25) is 0 Å². The standard InChI is InChI=1S/C27H31N5O2/c1-3-20-6-4-7-21(14-20)31-26-22-15-25(24(28-2)16-23(22)29-19-30-26)34-12-5-10-32-11-8-27(17-32)9-13-33-18-27/h1,4,6-7,14-16,19,28H,5,8-13,17-18H2,2H3,(H,29,30,31). The van der Waals surface area contributed by atoms with E-state index in [0.29, 0.717) is 17.8 Å². The van der Waals surface area contributed by atoms with Gasteiger partial charge in [0.1, 0.15) is 17.9 Å². The topological polar surface area (TPSA) is 71.5 Å². The maximum absolute atomic E-state index is 6.23. The first-order valence-electron chi connectivity index (χ1n) is 11.9. The summed E-state index contributed by atoms with van der Waals surface area (Å²) in [6.07, 6.45) is 10.5. The molecule has 3 heterocycles. The molecule has 2 aliphatic rings. The fourth-order valence-electron chi connectivity index (χ4n) is 4.98. The van der Waals surface area contributed by atoms with E-state index in [1.165, 1.54) is 12.8 Å². The second-order valence-corrected chi connectivity index (χ2v) is 9.22. The molecule has 2 fully saturated rings. The molecule has 2 aromatic carbocycles. The molecule has 0 aliphatic carbocycles. The van der Waals surface area contributed by atoms with Gasteiger partial charge in [0, 0.05) is 48.8 Å². The molecule has 7 heteroatoms. The van der Waals surface area contributed by atoms with Gasteiger partial charge in [-0.05, 0) is 56.1 Å². The Morgan fingerprint density at radius 2 is 2.18 bits per heavy atom. The van der Waals surface area contributed by atoms with Gasteiger partial charge in [-0.2, -0.15) is 0 Å². The highest BCUT2D eigenvalue weighted by molar-refractivity contribution is 5.94. The van der Waals surface area contributed by atoms with E-state index in [9.17, 15) is 0 Å². The quantitative estimate of drug-likeness (QED) is 0.386. The van der Waals surface area contributed by atoms with Crippen LogP contribution in [0.25, 0.3) is 10.9 Å². The van der Waals surface area contributed by atoms with Crippen molar-refractivity contribution in [3.8, 4) is 18.1 Å². The number of hydrogen-bond acceptors (Lipinski definition) is 7. The lowest BCUT2D eigenvalue weighted by atomic mass is 9.87. The van der Waals surface area contributed by atoms with Gasteiger partial charge in [0.2, 0.25) is 0 Å². The number of terminal acetylenes is 1. The number of nitrogens with one attached hydrogen (secondary N) is 2. The van der Waals surface area contributed by atoms with Gasteiger partial charge in [-0.15, -0.1) is 6.42 Å². The van der Waals surface area contributed by atoms with E-state index in [-0.39, 0.29) is 0 Å². The lowest BCUT2D eigenvalue weighted by Gasteiger charge is -2.22. The third-order valence-electron chi connectivity index (χ3n) is 6.88. The maximum atomic E-state index is 6.23. The van der Waals surface area contributed by atoms with Crippen LogP contribution in [-0.4, -0.2) is 61.4 Å². The number of hydrogen-bond donors (Lipinski definition) is 2. The minimum atomic E-state index is 0.404. The summed E-state index contributed by atoms with van der Waals surface area (Å²) in [6.45, 7) is 5.86. The van der Waals surface area contributed by atoms with Crippen molar-refractivity contribution in [2.75, 3.05) is 57.1 Å². The van der Waals surface area contributed by atoms with Crippen molar-refractivity contribution in [3.05, 3.63) is 48.3 Å². The Balaban J connectivity index is 1.27. The first-order valence-corrected chi connectivity index (χ1v) is 11.9. The van der Waals surface area contributed by atoms with Gasteiger partial charge >= 0.3 is 0 Å². The molecule has 0 saturated carbocycles. The summed E-state index contributed by atoms with van der Waals surface area (Å²) in [5.41, 5.74) is 3.85. The normalized spacial score (nSPS) is 20.0. The fourth-order valence-corrected chi connectivity index (χ4v) is 4.98. The molecule has 3 aromatic rings. The predicted molar refractivity (Wildman–Crippen MR) is 136 cm³/mol. The molecule has 1 spiro atoms. The van der Waals surface area contributed by atoms with E-state index in [1.807, 2.05) is 43.4 Å². The summed E-state index contributed by atoms with van der Waals surface area (Å²) in [6, 6.07) is 11.7. The van der Waals surface area contributed by atoms with Crippen LogP contribution in [0.1, 0.15) is 24.8 Å². The van der Waals surface area contributed by atoms with Gasteiger partial charge in [0.05, 0.1) is 24.4 Å². The van der Waals surface area contributed by atoms with Crippen LogP contribution in [0.4, 0.5) is 17.2 Å². The summed E-state index contributed by atoms with van der Waals surface area (Å²) in [7, 11) is 1.90. The zero-order valence-electron chi connectivity index (χ0n) is 19.6. The zero-order chi connectivity index (χ0) is 23.4. The lowest BCUT2D eigenvalue weighted by Crippen LogP contribution is -2.28. The largest absolute Gasteiger partial charge is 0.491 e. The second-order valence-electron chi connectivity index (χ2n) is 9.22. The molecule has 7 nitrogen and oxygen atoms in total. The number of nitrogens with zero attached hydrogens (tertiary/aromatic N) is 3. The molecular weight excluding hydrogens is 426 g/mol. The summed E-state index contributed by atoms with van der Waals surface area (Å²) in [4.78, 5) is 11.5. The van der Waals surface area contributed by atoms with Crippen LogP contribution in [0.15, 0.2) is 42.7 Å². The van der Waals surface area contributed by atoms with E-state index in [4.69, 9.17) is 15.9 Å². The Bertz CT molecular complexity index is 1200. The smallest absolute Gasteiger partial charge is 0.143 e. The van der Waals surface area contributed by atoms with Gasteiger partial charge in [-0.1, -0.05) is 12.0 Å². The molecule has 176 valence electrons. The molecular formula is C27H31N5O2. The Morgan fingerprint density at radius 3 is 3.00 bits per heavy atom. The summed E-state index contributed by atoms with van der Waals surface area (Å²) < 4.78 is 11.9. The number of rotatable bonds is 8. The Labute approximate surface area is 200 Å². The van der Waals surface area contributed by atoms with Crippen molar-refractivity contribution in [1.29, 1.82) is 0 Å². The average Bonchev–Trinajstić information content (AvgIpc) is 3.50. The van der Waals surface area contributed by atoms with E-state index in [0.717, 1.165) is 72.9 Å². The van der Waals surface area contributed by atoms with Crippen molar-refractivity contribution in [3.63, 3.8) is 0 Å². The maximum Gasteiger partial charge on any atom is 0.143 e. The van der Waals surface area contributed by atoms with Crippen molar-refractivity contribution in [2.45, 2.75) is 19.3 Å². The third-order valence-corrected chi connectivity index (χ3v) is 6.88. The highest BCUT2D eigenvalue weighted by Gasteiger charge is 2.40. The van der Waals surface area contributed by atoms with Gasteiger partial charge in [-0.3, -0.25) is 0 Å². The van der Waals surface area contributed by atoms with Gasteiger partial charge in [-0.25, -0.2) is 9.97 Å². The first kappa shape index (κ1) is 22.5. The third kappa shape index (κ3) is 4.79. The van der Waals surface area contributed by atoms with Crippen molar-refractivity contribution >= 4 is 28.1 Å². The van der Waals surface area contributed by atoms with E-state index in [2.05, 4.69) is 31.4 Å². The fraction of sp³-hybridized carbons (Fsp3) is 0.407. The van der Waals surface area contributed by atoms with Crippen molar-refractivity contribution in [1.82, 2.24) is 14.9 Å². The number of fused-ring (bicyclic) bond motifs is 1. The molecule has 34 heavy (non-hydrogen) atoms. The molecule has 1 aromatic heterocycles. The number of likely N-dealkylation sites (tertiary alicyclic amines) is 1. The number of aromatic nitrogens is 2. The number of ether oxygens (including phenoxy) is 2. The summed E-state index contributed by atoms with van der Waals surface area (Å²) in [5, 5.41) is 7.50. The Morgan fingerprint density at radius 1 is 1.24 bits per heavy atom. The Hall–Kier alpha value is -3.34. The highest BCUT2D eigenvalue weighted by atomic mass is 16.5. The molecule has 0 radical (unpaired) electrons. The molecule has 2 N–H and O–H groups in total. The molecule has 2 saturated heterocycles. The molecule has 5 rings (SSSR count). The average molecular weight is 458 g/mol. The summed E-state index contributed by atoms with van der Waals surface area (Å²) >= 11 is 0. The van der Waals surface area contributed by atoms with Crippen LogP contribution in [0.3, 0.4) is 0 Å². The monoisotopic (exact) mass is 457 g/mol. The van der Waals surface area contributed by atoms with E-state index >= 15 is 0 Å². The van der Waals surface area contributed by atoms with Gasteiger partial charge in [0.25, 0.3) is 0 Å². The zero-order valence-corrected chi connectivity index (χ0v) is 19.6. The molecule has 1 unspecified atom stereocenters. The number of benzene rings is 2. The van der Waals surface area contributed by atoms with Gasteiger partial charge in [0.15, 0.2) is 0 Å². The van der Waals surface area contributed by atoms with Crippen LogP contribution in [-0.2, 0) is 4.74 Å². The van der Waals surface area contributed by atoms with Crippen LogP contribution < -0.4 is 15.4 Å². The molecule has 2 aliphatic heterocycles. The van der Waals surface area contributed by atoms with Crippen molar-refractivity contribution in [2.24, 2.45) is 5.41 Å². The minimum absolute atomic E-state index is 0.404. The van der Waals surface area contributed by atoms with Crippen LogP contribution in [0, 0.1) is 17.8 Å². The van der Waals surface area contributed by atoms with Crippen LogP contribution in [0.5, 0.6) is 5.75 Å². The summed E-state index contributed by atoms with van der Waals surface area (Å²) in [5.74, 6) is 4.18. The minimum Gasteiger partial charge on any atom is -0.491 e. The van der Waals surface area contributed by atoms with Crippen molar-refractivity contribution < 1.29 is 9.47 Å². The highest BCUT2D eigenvalue weighted by Crippen LogP contribution is 2.38. The predicted octanol–water partition coefficient (Wildman–Crippen LogP) is 4.28. The Kier molecular flexibility index (Phi) is 6.52. The molecule has 1 atom stereocenters. The van der Waals surface area contributed by atoms with Crippen LogP contribution >= 0.6 is 0 Å². The van der Waals surface area contributed by atoms with E-state index in [1.54, 1.807) is 6.33 Å². The first-order chi connectivity index (χ1) is 16.7. The number of anilines is 3. The molecule has 0 bridgehead atoms. The SMILES string of the molecule is C#Cc1cccc(Nc2ncnc3cc(NC)c(OCCCN4CCC5(CCOC5)C4)cc23)c1. The lowest BCUT2D eigenvalue weighted by molar-refractivity contribution is 0.151. The van der Waals surface area contributed by atoms with E-state index < -0.39 is 0 Å². The molecule has 0 amide bonds. The van der Waals surface area contributed by atoms with Gasteiger partial charge < -0.3 is 25.0 Å².